The van der Waals surface area contributed by atoms with E-state index in [9.17, 15) is 9.59 Å². The van der Waals surface area contributed by atoms with Gasteiger partial charge in [-0.1, -0.05) is 69.8 Å². The third-order valence-corrected chi connectivity index (χ3v) is 7.16. The van der Waals surface area contributed by atoms with Crippen molar-refractivity contribution in [1.82, 2.24) is 9.97 Å². The molecule has 2 aliphatic rings. The fraction of sp³-hybridized carbons (Fsp3) is 0.542. The number of H-pyrrole nitrogens is 1. The minimum absolute atomic E-state index is 0.0122. The Kier molecular flexibility index (Phi) is 5.80. The Hall–Kier alpha value is -2.08. The first kappa shape index (κ1) is 21.2. The van der Waals surface area contributed by atoms with E-state index in [1.165, 1.54) is 0 Å². The maximum absolute atomic E-state index is 13.2. The standard InChI is InChI=1S/C24H31N3O2S/c1-14(2)10-11-30-23-26-21-20(22(29)27-23)18(15-8-6-5-7-9-15)19-16(25-21)12-24(3,4)13-17(19)28/h5-9,14,16,18-19H,10-13H2,1-4H3,(H2,25,26,27,29). The number of carbonyl (C=O) groups excluding carboxylic acids is 1. The highest BCUT2D eigenvalue weighted by Gasteiger charge is 2.49. The van der Waals surface area contributed by atoms with Gasteiger partial charge in [-0.3, -0.25) is 9.59 Å². The fourth-order valence-electron chi connectivity index (χ4n) is 4.88. The summed E-state index contributed by atoms with van der Waals surface area (Å²) in [5, 5.41) is 4.15. The van der Waals surface area contributed by atoms with Crippen LogP contribution in [0.4, 0.5) is 5.82 Å². The molecule has 1 saturated carbocycles. The smallest absolute Gasteiger partial charge is 0.257 e. The molecule has 0 saturated heterocycles. The molecule has 3 atom stereocenters. The summed E-state index contributed by atoms with van der Waals surface area (Å²) >= 11 is 1.59. The quantitative estimate of drug-likeness (QED) is 0.530. The van der Waals surface area contributed by atoms with Crippen molar-refractivity contribution in [1.29, 1.82) is 0 Å². The van der Waals surface area contributed by atoms with E-state index >= 15 is 0 Å². The van der Waals surface area contributed by atoms with Gasteiger partial charge in [-0.05, 0) is 29.7 Å². The van der Waals surface area contributed by atoms with E-state index in [1.54, 1.807) is 11.8 Å². The summed E-state index contributed by atoms with van der Waals surface area (Å²) in [6.45, 7) is 8.68. The third-order valence-electron chi connectivity index (χ3n) is 6.25. The van der Waals surface area contributed by atoms with E-state index in [0.29, 0.717) is 28.9 Å². The van der Waals surface area contributed by atoms with Crippen molar-refractivity contribution in [3.63, 3.8) is 0 Å². The topological polar surface area (TPSA) is 74.8 Å². The normalized spacial score (nSPS) is 24.8. The molecule has 160 valence electrons. The molecule has 0 spiro atoms. The minimum atomic E-state index is -0.262. The van der Waals surface area contributed by atoms with Crippen molar-refractivity contribution < 1.29 is 4.79 Å². The SMILES string of the molecule is CC(C)CCSc1nc2c(c(=O)[nH]1)C(c1ccccc1)C1C(=O)CC(C)(C)CC1N2. The number of rotatable bonds is 5. The van der Waals surface area contributed by atoms with Crippen LogP contribution in [-0.4, -0.2) is 27.5 Å². The Morgan fingerprint density at radius 2 is 1.93 bits per heavy atom. The van der Waals surface area contributed by atoms with Crippen LogP contribution in [-0.2, 0) is 4.79 Å². The Morgan fingerprint density at radius 1 is 1.20 bits per heavy atom. The van der Waals surface area contributed by atoms with Gasteiger partial charge in [0.1, 0.15) is 11.6 Å². The van der Waals surface area contributed by atoms with E-state index < -0.39 is 0 Å². The molecule has 30 heavy (non-hydrogen) atoms. The highest BCUT2D eigenvalue weighted by atomic mass is 32.2. The van der Waals surface area contributed by atoms with Gasteiger partial charge in [-0.15, -0.1) is 0 Å². The number of aromatic nitrogens is 2. The van der Waals surface area contributed by atoms with Crippen LogP contribution in [0, 0.1) is 17.3 Å². The van der Waals surface area contributed by atoms with E-state index in [4.69, 9.17) is 4.98 Å². The van der Waals surface area contributed by atoms with E-state index in [-0.39, 0.29) is 34.6 Å². The molecular formula is C24H31N3O2S. The molecule has 1 aliphatic heterocycles. The van der Waals surface area contributed by atoms with Crippen molar-refractivity contribution >= 4 is 23.4 Å². The molecule has 2 aromatic rings. The Balaban J connectivity index is 1.78. The van der Waals surface area contributed by atoms with Gasteiger partial charge >= 0.3 is 0 Å². The summed E-state index contributed by atoms with van der Waals surface area (Å²) in [6.07, 6.45) is 2.50. The third kappa shape index (κ3) is 4.20. The zero-order valence-corrected chi connectivity index (χ0v) is 19.0. The molecule has 6 heteroatoms. The molecule has 0 amide bonds. The predicted octanol–water partition coefficient (Wildman–Crippen LogP) is 4.84. The van der Waals surface area contributed by atoms with Crippen LogP contribution in [0.3, 0.4) is 0 Å². The Labute approximate surface area is 182 Å². The van der Waals surface area contributed by atoms with E-state index in [1.807, 2.05) is 30.3 Å². The fourth-order valence-corrected chi connectivity index (χ4v) is 5.98. The lowest BCUT2D eigenvalue weighted by atomic mass is 9.62. The second kappa shape index (κ2) is 8.22. The molecule has 1 fully saturated rings. The van der Waals surface area contributed by atoms with Crippen LogP contribution in [0.2, 0.25) is 0 Å². The number of Topliss-reactive ketones (excluding diaryl/α,β-unsaturated/α-hetero) is 1. The lowest BCUT2D eigenvalue weighted by Crippen LogP contribution is -2.51. The molecule has 2 N–H and O–H groups in total. The maximum Gasteiger partial charge on any atom is 0.257 e. The molecular weight excluding hydrogens is 394 g/mol. The van der Waals surface area contributed by atoms with Crippen molar-refractivity contribution in [2.75, 3.05) is 11.1 Å². The zero-order valence-electron chi connectivity index (χ0n) is 18.2. The first-order valence-corrected chi connectivity index (χ1v) is 11.8. The second-order valence-electron chi connectivity index (χ2n) is 9.84. The van der Waals surface area contributed by atoms with Gasteiger partial charge in [0.05, 0.1) is 5.56 Å². The second-order valence-corrected chi connectivity index (χ2v) is 10.9. The average Bonchev–Trinajstić information content (AvgIpc) is 2.65. The molecule has 3 unspecified atom stereocenters. The van der Waals surface area contributed by atoms with Crippen molar-refractivity contribution in [2.24, 2.45) is 17.3 Å². The van der Waals surface area contributed by atoms with Crippen LogP contribution in [0.25, 0.3) is 0 Å². The summed E-state index contributed by atoms with van der Waals surface area (Å²) in [4.78, 5) is 34.2. The zero-order chi connectivity index (χ0) is 21.5. The Morgan fingerprint density at radius 3 is 2.63 bits per heavy atom. The number of fused-ring (bicyclic) bond motifs is 2. The van der Waals surface area contributed by atoms with E-state index in [0.717, 1.165) is 24.2 Å². The van der Waals surface area contributed by atoms with Crippen molar-refractivity contribution in [2.45, 2.75) is 64.1 Å². The average molecular weight is 426 g/mol. The van der Waals surface area contributed by atoms with Gasteiger partial charge in [0.2, 0.25) is 0 Å². The van der Waals surface area contributed by atoms with Crippen molar-refractivity contribution in [3.8, 4) is 0 Å². The van der Waals surface area contributed by atoms with Crippen LogP contribution in [0.15, 0.2) is 40.3 Å². The summed E-state index contributed by atoms with van der Waals surface area (Å²) in [6, 6.07) is 9.94. The number of thioether (sulfide) groups is 1. The first-order valence-electron chi connectivity index (χ1n) is 10.9. The summed E-state index contributed by atoms with van der Waals surface area (Å²) in [7, 11) is 0. The van der Waals surface area contributed by atoms with Gasteiger partial charge in [0, 0.05) is 30.1 Å². The first-order chi connectivity index (χ1) is 14.2. The maximum atomic E-state index is 13.2. The molecule has 1 aliphatic carbocycles. The van der Waals surface area contributed by atoms with Crippen LogP contribution in [0.5, 0.6) is 0 Å². The molecule has 0 radical (unpaired) electrons. The summed E-state index contributed by atoms with van der Waals surface area (Å²) in [5.74, 6) is 1.90. The number of carbonyl (C=O) groups is 1. The lowest BCUT2D eigenvalue weighted by molar-refractivity contribution is -0.129. The van der Waals surface area contributed by atoms with E-state index in [2.05, 4.69) is 38.0 Å². The van der Waals surface area contributed by atoms with Gasteiger partial charge in [0.25, 0.3) is 5.56 Å². The number of nitrogens with zero attached hydrogens (tertiary/aromatic N) is 1. The molecule has 1 aromatic carbocycles. The number of anilines is 1. The number of hydrogen-bond donors (Lipinski definition) is 2. The van der Waals surface area contributed by atoms with Gasteiger partial charge in [0.15, 0.2) is 5.16 Å². The monoisotopic (exact) mass is 425 g/mol. The predicted molar refractivity (Wildman–Crippen MR) is 122 cm³/mol. The summed E-state index contributed by atoms with van der Waals surface area (Å²) in [5.41, 5.74) is 1.42. The molecule has 2 heterocycles. The molecule has 1 aromatic heterocycles. The number of nitrogens with one attached hydrogen (secondary N) is 2. The number of aromatic amines is 1. The minimum Gasteiger partial charge on any atom is -0.366 e. The van der Waals surface area contributed by atoms with Gasteiger partial charge < -0.3 is 10.3 Å². The van der Waals surface area contributed by atoms with Crippen LogP contribution < -0.4 is 10.9 Å². The Bertz CT molecular complexity index is 984. The molecule has 4 rings (SSSR count). The highest BCUT2D eigenvalue weighted by Crippen LogP contribution is 2.48. The van der Waals surface area contributed by atoms with Gasteiger partial charge in [-0.2, -0.15) is 0 Å². The molecule has 0 bridgehead atoms. The molecule has 5 nitrogen and oxygen atoms in total. The van der Waals surface area contributed by atoms with Gasteiger partial charge in [-0.25, -0.2) is 4.98 Å². The number of benzene rings is 1. The number of hydrogen-bond acceptors (Lipinski definition) is 5. The number of ketones is 1. The van der Waals surface area contributed by atoms with Crippen LogP contribution >= 0.6 is 11.8 Å². The summed E-state index contributed by atoms with van der Waals surface area (Å²) < 4.78 is 0. The highest BCUT2D eigenvalue weighted by molar-refractivity contribution is 7.99. The van der Waals surface area contributed by atoms with Crippen LogP contribution in [0.1, 0.15) is 64.0 Å². The largest absolute Gasteiger partial charge is 0.366 e. The lowest BCUT2D eigenvalue weighted by Gasteiger charge is -2.46. The van der Waals surface area contributed by atoms with Crippen molar-refractivity contribution in [3.05, 3.63) is 51.8 Å².